The minimum atomic E-state index is -0.128. The molecule has 0 radical (unpaired) electrons. The van der Waals surface area contributed by atoms with Crippen molar-refractivity contribution in [2.45, 2.75) is 58.2 Å². The Kier molecular flexibility index (Phi) is 8.42. The molecule has 1 saturated carbocycles. The van der Waals surface area contributed by atoms with Gasteiger partial charge in [0.1, 0.15) is 0 Å². The van der Waals surface area contributed by atoms with Crippen LogP contribution in [0.15, 0.2) is 46.9 Å². The molecular weight excluding hydrogens is 526 g/mol. The summed E-state index contributed by atoms with van der Waals surface area (Å²) in [7, 11) is 4.08. The number of ketones is 1. The summed E-state index contributed by atoms with van der Waals surface area (Å²) >= 11 is 10.0. The van der Waals surface area contributed by atoms with Crippen LogP contribution in [-0.2, 0) is 6.54 Å². The number of nitrogens with zero attached hydrogens (tertiary/aromatic N) is 4. The average Bonchev–Trinajstić information content (AvgIpc) is 3.54. The molecule has 186 valence electrons. The topological polar surface area (TPSA) is 63.1 Å². The van der Waals surface area contributed by atoms with Gasteiger partial charge in [-0.15, -0.1) is 10.2 Å². The molecule has 0 aliphatic heterocycles. The van der Waals surface area contributed by atoms with E-state index < -0.39 is 0 Å². The first kappa shape index (κ1) is 26.0. The zero-order valence-corrected chi connectivity index (χ0v) is 23.1. The maximum Gasteiger partial charge on any atom is 0.196 e. The van der Waals surface area contributed by atoms with Gasteiger partial charge in [0.15, 0.2) is 17.4 Å². The van der Waals surface area contributed by atoms with Crippen molar-refractivity contribution >= 4 is 33.3 Å². The Hall–Kier alpha value is -2.06. The monoisotopic (exact) mass is 557 g/mol. The summed E-state index contributed by atoms with van der Waals surface area (Å²) in [4.78, 5) is 15.8. The second kappa shape index (κ2) is 11.3. The first-order valence-corrected chi connectivity index (χ1v) is 13.4. The van der Waals surface area contributed by atoms with E-state index in [0.717, 1.165) is 34.1 Å². The molecule has 1 aromatic heterocycles. The number of nitrogens with one attached hydrogen (secondary N) is 1. The van der Waals surface area contributed by atoms with E-state index in [1.54, 1.807) is 12.1 Å². The fourth-order valence-corrected chi connectivity index (χ4v) is 5.15. The third-order valence-electron chi connectivity index (χ3n) is 6.62. The molecule has 8 heteroatoms. The predicted octanol–water partition coefficient (Wildman–Crippen LogP) is 6.21. The summed E-state index contributed by atoms with van der Waals surface area (Å²) < 4.78 is 2.93. The molecule has 0 amide bonds. The number of carbonyl (C=O) groups excluding carboxylic acids is 1. The predicted molar refractivity (Wildman–Crippen MR) is 144 cm³/mol. The SMILES string of the molecule is CCC(c1nnc(CNC(C)CC2CC2)n1-c1cc(Br)ccc1C(=O)c1ccccc1Cl)N(C)C. The summed E-state index contributed by atoms with van der Waals surface area (Å²) in [5.74, 6) is 2.32. The van der Waals surface area contributed by atoms with E-state index in [0.29, 0.717) is 28.7 Å². The number of halogens is 2. The normalized spacial score (nSPS) is 15.4. The van der Waals surface area contributed by atoms with Crippen molar-refractivity contribution in [2.75, 3.05) is 14.1 Å². The van der Waals surface area contributed by atoms with Crippen LogP contribution in [0.5, 0.6) is 0 Å². The molecule has 0 bridgehead atoms. The lowest BCUT2D eigenvalue weighted by atomic mass is 10.0. The fourth-order valence-electron chi connectivity index (χ4n) is 4.58. The minimum Gasteiger partial charge on any atom is -0.307 e. The van der Waals surface area contributed by atoms with Gasteiger partial charge in [-0.2, -0.15) is 0 Å². The van der Waals surface area contributed by atoms with Gasteiger partial charge in [0.25, 0.3) is 0 Å². The molecule has 1 N–H and O–H groups in total. The Morgan fingerprint density at radius 1 is 1.20 bits per heavy atom. The quantitative estimate of drug-likeness (QED) is 0.284. The smallest absolute Gasteiger partial charge is 0.196 e. The van der Waals surface area contributed by atoms with Gasteiger partial charge in [-0.3, -0.25) is 14.3 Å². The maximum atomic E-state index is 13.7. The lowest BCUT2D eigenvalue weighted by molar-refractivity contribution is 0.103. The molecule has 1 heterocycles. The number of carbonyl (C=O) groups is 1. The van der Waals surface area contributed by atoms with Crippen LogP contribution in [0, 0.1) is 5.92 Å². The molecule has 2 aromatic carbocycles. The molecule has 35 heavy (non-hydrogen) atoms. The Morgan fingerprint density at radius 3 is 2.60 bits per heavy atom. The van der Waals surface area contributed by atoms with E-state index in [4.69, 9.17) is 11.6 Å². The third kappa shape index (κ3) is 6.02. The molecule has 0 saturated heterocycles. The van der Waals surface area contributed by atoms with E-state index >= 15 is 0 Å². The highest BCUT2D eigenvalue weighted by molar-refractivity contribution is 9.10. The molecule has 3 aromatic rings. The van der Waals surface area contributed by atoms with Gasteiger partial charge < -0.3 is 5.32 Å². The van der Waals surface area contributed by atoms with Crippen molar-refractivity contribution in [1.29, 1.82) is 0 Å². The van der Waals surface area contributed by atoms with Crippen LogP contribution in [0.25, 0.3) is 5.69 Å². The Morgan fingerprint density at radius 2 is 1.94 bits per heavy atom. The highest BCUT2D eigenvalue weighted by Gasteiger charge is 2.27. The van der Waals surface area contributed by atoms with Crippen LogP contribution < -0.4 is 5.32 Å². The molecule has 4 rings (SSSR count). The van der Waals surface area contributed by atoms with Crippen LogP contribution in [0.1, 0.15) is 73.1 Å². The highest BCUT2D eigenvalue weighted by atomic mass is 79.9. The highest BCUT2D eigenvalue weighted by Crippen LogP contribution is 2.34. The minimum absolute atomic E-state index is 0.0439. The zero-order chi connectivity index (χ0) is 25.1. The number of hydrogen-bond acceptors (Lipinski definition) is 5. The van der Waals surface area contributed by atoms with E-state index in [9.17, 15) is 4.79 Å². The number of aromatic nitrogens is 3. The Labute approximate surface area is 221 Å². The van der Waals surface area contributed by atoms with Gasteiger partial charge in [0.05, 0.1) is 23.3 Å². The molecule has 0 spiro atoms. The van der Waals surface area contributed by atoms with Crippen molar-refractivity contribution in [3.05, 3.63) is 74.7 Å². The van der Waals surface area contributed by atoms with Crippen molar-refractivity contribution in [3.8, 4) is 5.69 Å². The van der Waals surface area contributed by atoms with E-state index in [1.807, 2.05) is 44.4 Å². The Balaban J connectivity index is 1.80. The Bertz CT molecular complexity index is 1190. The van der Waals surface area contributed by atoms with Gasteiger partial charge in [0.2, 0.25) is 0 Å². The van der Waals surface area contributed by atoms with Gasteiger partial charge in [-0.25, -0.2) is 0 Å². The second-order valence-corrected chi connectivity index (χ2v) is 11.0. The number of rotatable bonds is 11. The lowest BCUT2D eigenvalue weighted by Gasteiger charge is -2.24. The first-order chi connectivity index (χ1) is 16.8. The molecular formula is C27H33BrClN5O. The standard InChI is InChI=1S/C27H33BrClN5O/c1-5-23(33(3)4)27-32-31-25(16-30-17(2)14-18-10-11-18)34(27)24-15-19(28)12-13-21(24)26(35)20-8-6-7-9-22(20)29/h6-9,12-13,15,17-18,23,30H,5,10-11,14,16H2,1-4H3. The van der Waals surface area contributed by atoms with Crippen LogP contribution >= 0.6 is 27.5 Å². The fraction of sp³-hybridized carbons (Fsp3) is 0.444. The summed E-state index contributed by atoms with van der Waals surface area (Å²) in [6.45, 7) is 4.92. The van der Waals surface area contributed by atoms with E-state index in [1.165, 1.54) is 19.3 Å². The maximum absolute atomic E-state index is 13.7. The summed E-state index contributed by atoms with van der Waals surface area (Å²) in [5, 5.41) is 13.3. The van der Waals surface area contributed by atoms with Crippen molar-refractivity contribution in [1.82, 2.24) is 25.0 Å². The molecule has 1 aliphatic carbocycles. The van der Waals surface area contributed by atoms with Gasteiger partial charge in [0, 0.05) is 21.6 Å². The van der Waals surface area contributed by atoms with Crippen LogP contribution in [0.3, 0.4) is 0 Å². The second-order valence-electron chi connectivity index (χ2n) is 9.63. The number of hydrogen-bond donors (Lipinski definition) is 1. The van der Waals surface area contributed by atoms with Crippen LogP contribution in [-0.4, -0.2) is 45.6 Å². The molecule has 1 fully saturated rings. The average molecular weight is 559 g/mol. The van der Waals surface area contributed by atoms with E-state index in [-0.39, 0.29) is 11.8 Å². The summed E-state index contributed by atoms with van der Waals surface area (Å²) in [6, 6.07) is 13.3. The molecule has 6 nitrogen and oxygen atoms in total. The summed E-state index contributed by atoms with van der Waals surface area (Å²) in [5.41, 5.74) is 1.78. The third-order valence-corrected chi connectivity index (χ3v) is 7.44. The van der Waals surface area contributed by atoms with Gasteiger partial charge >= 0.3 is 0 Å². The van der Waals surface area contributed by atoms with Crippen LogP contribution in [0.4, 0.5) is 0 Å². The largest absolute Gasteiger partial charge is 0.307 e. The van der Waals surface area contributed by atoms with Gasteiger partial charge in [-0.05, 0) is 70.1 Å². The van der Waals surface area contributed by atoms with Crippen molar-refractivity contribution < 1.29 is 4.79 Å². The molecule has 1 aliphatic rings. The van der Waals surface area contributed by atoms with Crippen LogP contribution in [0.2, 0.25) is 5.02 Å². The molecule has 2 atom stereocenters. The lowest BCUT2D eigenvalue weighted by Crippen LogP contribution is -2.28. The number of benzene rings is 2. The van der Waals surface area contributed by atoms with Gasteiger partial charge in [-0.1, -0.05) is 59.4 Å². The first-order valence-electron chi connectivity index (χ1n) is 12.2. The molecule has 2 unspecified atom stereocenters. The zero-order valence-electron chi connectivity index (χ0n) is 20.8. The van der Waals surface area contributed by atoms with Crippen molar-refractivity contribution in [2.24, 2.45) is 5.92 Å². The van der Waals surface area contributed by atoms with E-state index in [2.05, 4.69) is 54.8 Å². The van der Waals surface area contributed by atoms with Crippen molar-refractivity contribution in [3.63, 3.8) is 0 Å². The summed E-state index contributed by atoms with van der Waals surface area (Å²) in [6.07, 6.45) is 4.69.